The third kappa shape index (κ3) is 3.20. The van der Waals surface area contributed by atoms with Crippen LogP contribution >= 0.6 is 15.9 Å². The molecule has 0 saturated heterocycles. The number of hydrogen-bond donors (Lipinski definition) is 0. The number of hydrogen-bond acceptors (Lipinski definition) is 4. The van der Waals surface area contributed by atoms with E-state index in [0.717, 1.165) is 14.7 Å². The molecule has 0 radical (unpaired) electrons. The highest BCUT2D eigenvalue weighted by Gasteiger charge is 2.23. The highest BCUT2D eigenvalue weighted by atomic mass is 79.9. The van der Waals surface area contributed by atoms with E-state index in [4.69, 9.17) is 0 Å². The van der Waals surface area contributed by atoms with Crippen LogP contribution in [0.2, 0.25) is 0 Å². The lowest BCUT2D eigenvalue weighted by atomic mass is 10.2. The highest BCUT2D eigenvalue weighted by molar-refractivity contribution is 9.10. The molecule has 0 aliphatic rings. The normalized spacial score (nSPS) is 11.5. The summed E-state index contributed by atoms with van der Waals surface area (Å²) >= 11 is 3.43. The van der Waals surface area contributed by atoms with Gasteiger partial charge in [0, 0.05) is 19.3 Å². The van der Waals surface area contributed by atoms with Gasteiger partial charge < -0.3 is 4.90 Å². The van der Waals surface area contributed by atoms with Crippen LogP contribution in [0.5, 0.6) is 0 Å². The van der Waals surface area contributed by atoms with Crippen molar-refractivity contribution in [2.24, 2.45) is 0 Å². The fourth-order valence-corrected chi connectivity index (χ4v) is 3.16. The molecule has 26 heavy (non-hydrogen) atoms. The molecule has 138 valence electrons. The zero-order valence-corrected chi connectivity index (χ0v) is 16.0. The number of halogens is 3. The van der Waals surface area contributed by atoms with Gasteiger partial charge in [-0.3, -0.25) is 9.48 Å². The zero-order chi connectivity index (χ0) is 19.0. The van der Waals surface area contributed by atoms with Gasteiger partial charge >= 0.3 is 0 Å². The molecule has 0 aromatic carbocycles. The third-order valence-electron chi connectivity index (χ3n) is 4.01. The summed E-state index contributed by atoms with van der Waals surface area (Å²) in [5.74, 6) is -0.353. The largest absolute Gasteiger partial charge is 0.336 e. The monoisotopic (exact) mass is 426 g/mol. The van der Waals surface area contributed by atoms with E-state index in [-0.39, 0.29) is 22.8 Å². The smallest absolute Gasteiger partial charge is 0.280 e. The second-order valence-electron chi connectivity index (χ2n) is 5.83. The summed E-state index contributed by atoms with van der Waals surface area (Å²) in [5.41, 5.74) is 1.26. The molecule has 0 atom stereocenters. The summed E-state index contributed by atoms with van der Waals surface area (Å²) in [6.45, 7) is 4.53. The molecule has 1 amide bonds. The fraction of sp³-hybridized carbons (Fsp3) is 0.375. The molecular formula is C16H17BrF2N6O. The third-order valence-corrected chi connectivity index (χ3v) is 4.67. The van der Waals surface area contributed by atoms with Crippen molar-refractivity contribution in [1.82, 2.24) is 29.3 Å². The van der Waals surface area contributed by atoms with Gasteiger partial charge in [-0.05, 0) is 35.8 Å². The van der Waals surface area contributed by atoms with Crippen molar-refractivity contribution in [3.63, 3.8) is 0 Å². The van der Waals surface area contributed by atoms with E-state index in [1.54, 1.807) is 24.9 Å². The lowest BCUT2D eigenvalue weighted by molar-refractivity contribution is 0.0782. The van der Waals surface area contributed by atoms with Crippen molar-refractivity contribution in [2.75, 3.05) is 7.05 Å². The first kappa shape index (κ1) is 18.4. The Labute approximate surface area is 156 Å². The van der Waals surface area contributed by atoms with Crippen LogP contribution in [-0.4, -0.2) is 42.2 Å². The summed E-state index contributed by atoms with van der Waals surface area (Å²) in [6.07, 6.45) is 0.236. The lowest BCUT2D eigenvalue weighted by Gasteiger charge is -2.17. The minimum atomic E-state index is -2.71. The topological polar surface area (TPSA) is 68.3 Å². The molecule has 3 aromatic rings. The number of amides is 1. The Balaban J connectivity index is 1.96. The molecular weight excluding hydrogens is 410 g/mol. The number of nitrogens with zero attached hydrogens (tertiary/aromatic N) is 6. The van der Waals surface area contributed by atoms with Gasteiger partial charge in [0.1, 0.15) is 11.3 Å². The Morgan fingerprint density at radius 1 is 1.35 bits per heavy atom. The van der Waals surface area contributed by atoms with E-state index in [2.05, 4.69) is 31.1 Å². The highest BCUT2D eigenvalue weighted by Crippen LogP contribution is 2.23. The van der Waals surface area contributed by atoms with Gasteiger partial charge in [-0.1, -0.05) is 0 Å². The molecule has 0 saturated carbocycles. The summed E-state index contributed by atoms with van der Waals surface area (Å²) in [7, 11) is 1.63. The van der Waals surface area contributed by atoms with Crippen LogP contribution in [0.25, 0.3) is 5.65 Å². The standard InChI is InChI=1S/C16H17BrF2N6O/c1-4-24-13(11(17)7-20-24)8-23(3)16(26)10-6-21-25-12(14(18)19)5-9(2)22-15(10)25/h5-7,14H,4,8H2,1-3H3. The van der Waals surface area contributed by atoms with Crippen molar-refractivity contribution in [3.05, 3.63) is 45.6 Å². The molecule has 7 nitrogen and oxygen atoms in total. The number of alkyl halides is 2. The average Bonchev–Trinajstić information content (AvgIpc) is 3.17. The number of aryl methyl sites for hydroxylation is 2. The van der Waals surface area contributed by atoms with Gasteiger partial charge in [-0.15, -0.1) is 0 Å². The summed E-state index contributed by atoms with van der Waals surface area (Å²) < 4.78 is 30.1. The average molecular weight is 427 g/mol. The Kier molecular flexibility index (Phi) is 5.03. The maximum absolute atomic E-state index is 13.2. The van der Waals surface area contributed by atoms with Crippen LogP contribution in [0, 0.1) is 6.92 Å². The quantitative estimate of drug-likeness (QED) is 0.627. The van der Waals surface area contributed by atoms with Gasteiger partial charge in [0.05, 0.1) is 29.1 Å². The van der Waals surface area contributed by atoms with Crippen LogP contribution in [0.15, 0.2) is 22.9 Å². The molecule has 3 rings (SSSR count). The van der Waals surface area contributed by atoms with E-state index >= 15 is 0 Å². The zero-order valence-electron chi connectivity index (χ0n) is 14.4. The van der Waals surface area contributed by atoms with Crippen molar-refractivity contribution < 1.29 is 13.6 Å². The Bertz CT molecular complexity index is 967. The number of carbonyl (C=O) groups is 1. The first-order chi connectivity index (χ1) is 12.3. The number of rotatable bonds is 5. The summed E-state index contributed by atoms with van der Waals surface area (Å²) in [5, 5.41) is 8.15. The van der Waals surface area contributed by atoms with E-state index in [1.807, 2.05) is 6.92 Å². The second kappa shape index (κ2) is 7.10. The molecule has 0 N–H and O–H groups in total. The Morgan fingerprint density at radius 2 is 2.08 bits per heavy atom. The van der Waals surface area contributed by atoms with Crippen molar-refractivity contribution >= 4 is 27.5 Å². The molecule has 0 bridgehead atoms. The van der Waals surface area contributed by atoms with Crippen LogP contribution in [0.1, 0.15) is 40.8 Å². The summed E-state index contributed by atoms with van der Waals surface area (Å²) in [6, 6.07) is 1.26. The van der Waals surface area contributed by atoms with E-state index in [9.17, 15) is 13.6 Å². The summed E-state index contributed by atoms with van der Waals surface area (Å²) in [4.78, 5) is 18.6. The van der Waals surface area contributed by atoms with Gasteiger partial charge in [0.25, 0.3) is 12.3 Å². The number of aromatic nitrogens is 5. The fourth-order valence-electron chi connectivity index (χ4n) is 2.74. The number of fused-ring (bicyclic) bond motifs is 1. The maximum Gasteiger partial charge on any atom is 0.280 e. The second-order valence-corrected chi connectivity index (χ2v) is 6.69. The van der Waals surface area contributed by atoms with Crippen LogP contribution in [0.4, 0.5) is 8.78 Å². The van der Waals surface area contributed by atoms with Gasteiger partial charge in [-0.2, -0.15) is 10.2 Å². The predicted molar refractivity (Wildman–Crippen MR) is 94.1 cm³/mol. The van der Waals surface area contributed by atoms with Gasteiger partial charge in [-0.25, -0.2) is 18.3 Å². The van der Waals surface area contributed by atoms with Crippen LogP contribution in [0.3, 0.4) is 0 Å². The molecule has 0 fully saturated rings. The first-order valence-corrected chi connectivity index (χ1v) is 8.71. The molecule has 10 heteroatoms. The van der Waals surface area contributed by atoms with Crippen molar-refractivity contribution in [1.29, 1.82) is 0 Å². The molecule has 0 aliphatic heterocycles. The van der Waals surface area contributed by atoms with Gasteiger partial charge in [0.2, 0.25) is 0 Å². The van der Waals surface area contributed by atoms with E-state index < -0.39 is 6.43 Å². The SMILES string of the molecule is CCn1ncc(Br)c1CN(C)C(=O)c1cnn2c(C(F)F)cc(C)nc12. The Hall–Kier alpha value is -2.36. The molecule has 0 unspecified atom stereocenters. The molecule has 3 heterocycles. The van der Waals surface area contributed by atoms with Crippen LogP contribution in [-0.2, 0) is 13.1 Å². The Morgan fingerprint density at radius 3 is 2.73 bits per heavy atom. The minimum absolute atomic E-state index is 0.125. The molecule has 0 aliphatic carbocycles. The van der Waals surface area contributed by atoms with Crippen LogP contribution < -0.4 is 0 Å². The lowest BCUT2D eigenvalue weighted by Crippen LogP contribution is -2.27. The first-order valence-electron chi connectivity index (χ1n) is 7.92. The van der Waals surface area contributed by atoms with E-state index in [1.165, 1.54) is 17.2 Å². The van der Waals surface area contributed by atoms with E-state index in [0.29, 0.717) is 18.8 Å². The minimum Gasteiger partial charge on any atom is -0.336 e. The van der Waals surface area contributed by atoms with Crippen molar-refractivity contribution in [2.45, 2.75) is 33.4 Å². The maximum atomic E-state index is 13.2. The number of carbonyl (C=O) groups excluding carboxylic acids is 1. The van der Waals surface area contributed by atoms with Crippen molar-refractivity contribution in [3.8, 4) is 0 Å². The molecule has 3 aromatic heterocycles. The predicted octanol–water partition coefficient (Wildman–Crippen LogP) is 3.23. The molecule has 0 spiro atoms. The van der Waals surface area contributed by atoms with Gasteiger partial charge in [0.15, 0.2) is 5.65 Å².